The van der Waals surface area contributed by atoms with Gasteiger partial charge in [-0.3, -0.25) is 0 Å². The van der Waals surface area contributed by atoms with E-state index in [1.807, 2.05) is 45.0 Å². The Hall–Kier alpha value is -0.400. The van der Waals surface area contributed by atoms with Crippen molar-refractivity contribution in [1.82, 2.24) is 0 Å². The number of alkyl halides is 2. The average Bonchev–Trinajstić information content (AvgIpc) is 2.02. The molecule has 0 unspecified atom stereocenters. The van der Waals surface area contributed by atoms with Crippen molar-refractivity contribution in [1.29, 1.82) is 0 Å². The highest BCUT2D eigenvalue weighted by Gasteiger charge is 2.11. The molecule has 3 heteroatoms. The first-order valence-corrected chi connectivity index (χ1v) is 5.33. The maximum atomic E-state index is 5.71. The lowest BCUT2D eigenvalue weighted by atomic mass is 10.2. The molecular weight excluding hydrogens is 219 g/mol. The molecule has 0 radical (unpaired) electrons. The summed E-state index contributed by atoms with van der Waals surface area (Å²) in [5.74, 6) is 0.829. The molecule has 0 N–H and O–H groups in total. The van der Waals surface area contributed by atoms with Gasteiger partial charge in [0.1, 0.15) is 16.2 Å². The third-order valence-electron chi connectivity index (χ3n) is 1.56. The molecule has 0 bridgehead atoms. The van der Waals surface area contributed by atoms with E-state index in [0.29, 0.717) is 0 Å². The zero-order chi connectivity index (χ0) is 10.8. The number of rotatable bonds is 2. The van der Waals surface area contributed by atoms with Gasteiger partial charge in [0.2, 0.25) is 0 Å². The van der Waals surface area contributed by atoms with E-state index >= 15 is 0 Å². The molecule has 1 aromatic rings. The molecule has 1 rings (SSSR count). The number of hydrogen-bond donors (Lipinski definition) is 0. The number of halogens is 2. The highest BCUT2D eigenvalue weighted by molar-refractivity contribution is 6.44. The molecule has 0 aromatic heterocycles. The van der Waals surface area contributed by atoms with E-state index in [4.69, 9.17) is 27.9 Å². The Labute approximate surface area is 95.0 Å². The van der Waals surface area contributed by atoms with Crippen molar-refractivity contribution in [3.63, 3.8) is 0 Å². The maximum Gasteiger partial charge on any atom is 0.132 e. The smallest absolute Gasteiger partial charge is 0.132 e. The van der Waals surface area contributed by atoms with Gasteiger partial charge >= 0.3 is 0 Å². The molecule has 0 aliphatic rings. The van der Waals surface area contributed by atoms with Gasteiger partial charge in [-0.1, -0.05) is 12.1 Å². The van der Waals surface area contributed by atoms with Crippen LogP contribution < -0.4 is 4.74 Å². The van der Waals surface area contributed by atoms with Gasteiger partial charge in [0.15, 0.2) is 0 Å². The second-order valence-corrected chi connectivity index (χ2v) is 5.18. The molecule has 78 valence electrons. The fourth-order valence-corrected chi connectivity index (χ4v) is 1.33. The normalized spacial score (nSPS) is 11.9. The molecule has 0 fully saturated rings. The van der Waals surface area contributed by atoms with Crippen LogP contribution in [0.3, 0.4) is 0 Å². The van der Waals surface area contributed by atoms with E-state index in [-0.39, 0.29) is 5.60 Å². The minimum Gasteiger partial charge on any atom is -0.488 e. The SMILES string of the molecule is CC(C)(C)Oc1ccc(C(Cl)Cl)cc1. The second-order valence-electron chi connectivity index (χ2n) is 4.08. The summed E-state index contributed by atoms with van der Waals surface area (Å²) in [6.07, 6.45) is 0. The van der Waals surface area contributed by atoms with Crippen LogP contribution in [0.1, 0.15) is 31.2 Å². The third-order valence-corrected chi connectivity index (χ3v) is 2.06. The molecule has 0 heterocycles. The summed E-state index contributed by atoms with van der Waals surface area (Å²) in [6.45, 7) is 6.02. The molecule has 0 amide bonds. The molecule has 14 heavy (non-hydrogen) atoms. The Bertz CT molecular complexity index is 285. The van der Waals surface area contributed by atoms with Gasteiger partial charge in [0.05, 0.1) is 0 Å². The van der Waals surface area contributed by atoms with Crippen molar-refractivity contribution in [3.05, 3.63) is 29.8 Å². The predicted octanol–water partition coefficient (Wildman–Crippen LogP) is 4.34. The van der Waals surface area contributed by atoms with Crippen LogP contribution in [-0.4, -0.2) is 5.60 Å². The highest BCUT2D eigenvalue weighted by atomic mass is 35.5. The molecule has 0 aliphatic heterocycles. The molecule has 0 atom stereocenters. The highest BCUT2D eigenvalue weighted by Crippen LogP contribution is 2.27. The zero-order valence-corrected chi connectivity index (χ0v) is 10.1. The van der Waals surface area contributed by atoms with Gasteiger partial charge in [-0.05, 0) is 38.5 Å². The van der Waals surface area contributed by atoms with Crippen LogP contribution in [0.4, 0.5) is 0 Å². The van der Waals surface area contributed by atoms with E-state index in [1.165, 1.54) is 0 Å². The summed E-state index contributed by atoms with van der Waals surface area (Å²) in [6, 6.07) is 7.48. The topological polar surface area (TPSA) is 9.23 Å². The molecule has 0 saturated heterocycles. The number of benzene rings is 1. The first kappa shape index (κ1) is 11.7. The summed E-state index contributed by atoms with van der Waals surface area (Å²) >= 11 is 11.4. The summed E-state index contributed by atoms with van der Waals surface area (Å²) in [5.41, 5.74) is 0.706. The van der Waals surface area contributed by atoms with Gasteiger partial charge in [-0.2, -0.15) is 0 Å². The number of hydrogen-bond acceptors (Lipinski definition) is 1. The molecule has 0 saturated carbocycles. The lowest BCUT2D eigenvalue weighted by Crippen LogP contribution is -2.22. The largest absolute Gasteiger partial charge is 0.488 e. The van der Waals surface area contributed by atoms with Gasteiger partial charge in [-0.15, -0.1) is 23.2 Å². The van der Waals surface area contributed by atoms with E-state index in [2.05, 4.69) is 0 Å². The predicted molar refractivity (Wildman–Crippen MR) is 61.3 cm³/mol. The Morgan fingerprint density at radius 2 is 1.57 bits per heavy atom. The van der Waals surface area contributed by atoms with Crippen LogP contribution >= 0.6 is 23.2 Å². The molecule has 1 aromatic carbocycles. The van der Waals surface area contributed by atoms with Gasteiger partial charge < -0.3 is 4.74 Å². The van der Waals surface area contributed by atoms with Crippen LogP contribution in [0.2, 0.25) is 0 Å². The van der Waals surface area contributed by atoms with Crippen LogP contribution in [0.25, 0.3) is 0 Å². The van der Waals surface area contributed by atoms with Crippen molar-refractivity contribution in [2.24, 2.45) is 0 Å². The number of ether oxygens (including phenoxy) is 1. The van der Waals surface area contributed by atoms with Crippen LogP contribution in [0.15, 0.2) is 24.3 Å². The average molecular weight is 233 g/mol. The molecule has 1 nitrogen and oxygen atoms in total. The van der Waals surface area contributed by atoms with Crippen molar-refractivity contribution in [3.8, 4) is 5.75 Å². The van der Waals surface area contributed by atoms with E-state index < -0.39 is 4.84 Å². The molecule has 0 spiro atoms. The monoisotopic (exact) mass is 232 g/mol. The van der Waals surface area contributed by atoms with Gasteiger partial charge in [-0.25, -0.2) is 0 Å². The van der Waals surface area contributed by atoms with Crippen LogP contribution in [0.5, 0.6) is 5.75 Å². The third kappa shape index (κ3) is 3.77. The van der Waals surface area contributed by atoms with E-state index in [1.54, 1.807) is 0 Å². The van der Waals surface area contributed by atoms with Gasteiger partial charge in [0, 0.05) is 0 Å². The minimum atomic E-state index is -0.473. The minimum absolute atomic E-state index is 0.178. The standard InChI is InChI=1S/C11H14Cl2O/c1-11(2,3)14-9-6-4-8(5-7-9)10(12)13/h4-7,10H,1-3H3. The fraction of sp³-hybridized carbons (Fsp3) is 0.455. The first-order valence-electron chi connectivity index (χ1n) is 4.45. The van der Waals surface area contributed by atoms with E-state index in [0.717, 1.165) is 11.3 Å². The zero-order valence-electron chi connectivity index (χ0n) is 8.55. The Morgan fingerprint density at radius 3 is 1.93 bits per heavy atom. The maximum absolute atomic E-state index is 5.71. The lowest BCUT2D eigenvalue weighted by Gasteiger charge is -2.21. The molecular formula is C11H14Cl2O. The van der Waals surface area contributed by atoms with Gasteiger partial charge in [0.25, 0.3) is 0 Å². The van der Waals surface area contributed by atoms with Crippen molar-refractivity contribution >= 4 is 23.2 Å². The molecule has 0 aliphatic carbocycles. The summed E-state index contributed by atoms with van der Waals surface area (Å²) in [5, 5.41) is 0. The second kappa shape index (κ2) is 4.41. The van der Waals surface area contributed by atoms with Crippen molar-refractivity contribution in [2.75, 3.05) is 0 Å². The van der Waals surface area contributed by atoms with Crippen LogP contribution in [-0.2, 0) is 0 Å². The Kier molecular flexibility index (Phi) is 3.68. The Morgan fingerprint density at radius 1 is 1.07 bits per heavy atom. The summed E-state index contributed by atoms with van der Waals surface area (Å²) < 4.78 is 5.65. The fourth-order valence-electron chi connectivity index (χ4n) is 1.03. The Balaban J connectivity index is 2.74. The van der Waals surface area contributed by atoms with Crippen molar-refractivity contribution in [2.45, 2.75) is 31.2 Å². The lowest BCUT2D eigenvalue weighted by molar-refractivity contribution is 0.131. The van der Waals surface area contributed by atoms with E-state index in [9.17, 15) is 0 Å². The quantitative estimate of drug-likeness (QED) is 0.690. The van der Waals surface area contributed by atoms with Crippen LogP contribution in [0, 0.1) is 0 Å². The van der Waals surface area contributed by atoms with Crippen molar-refractivity contribution < 1.29 is 4.74 Å². The summed E-state index contributed by atoms with van der Waals surface area (Å²) in [7, 11) is 0. The first-order chi connectivity index (χ1) is 6.38. The summed E-state index contributed by atoms with van der Waals surface area (Å²) in [4.78, 5) is -0.473.